The summed E-state index contributed by atoms with van der Waals surface area (Å²) in [7, 11) is 1.59. The summed E-state index contributed by atoms with van der Waals surface area (Å²) in [6.07, 6.45) is -2.25. The third kappa shape index (κ3) is 3.66. The van der Waals surface area contributed by atoms with Crippen molar-refractivity contribution in [3.63, 3.8) is 0 Å². The summed E-state index contributed by atoms with van der Waals surface area (Å²) in [4.78, 5) is 15.5. The highest BCUT2D eigenvalue weighted by Crippen LogP contribution is 2.32. The molecule has 0 aliphatic heterocycles. The molecule has 25 heavy (non-hydrogen) atoms. The predicted molar refractivity (Wildman–Crippen MR) is 85.2 cm³/mol. The molecule has 1 N–H and O–H groups in total. The maximum Gasteiger partial charge on any atom is 0.433 e. The lowest BCUT2D eigenvalue weighted by molar-refractivity contribution is -0.141. The molecule has 0 spiro atoms. The molecule has 0 fully saturated rings. The summed E-state index contributed by atoms with van der Waals surface area (Å²) >= 11 is 0. The average molecular weight is 350 g/mol. The Bertz CT molecular complexity index is 748. The number of carbonyl (C=O) groups excluding carboxylic acids is 1. The van der Waals surface area contributed by atoms with Gasteiger partial charge in [0.2, 0.25) is 0 Å². The Morgan fingerprint density at radius 3 is 2.32 bits per heavy atom. The molecule has 1 aromatic carbocycles. The van der Waals surface area contributed by atoms with Crippen molar-refractivity contribution in [1.29, 1.82) is 0 Å². The molecule has 132 valence electrons. The van der Waals surface area contributed by atoms with Gasteiger partial charge in [-0.2, -0.15) is 13.2 Å². The predicted octanol–water partition coefficient (Wildman–Crippen LogP) is 3.01. The van der Waals surface area contributed by atoms with Crippen LogP contribution in [0.2, 0.25) is 0 Å². The molecule has 1 aromatic heterocycles. The van der Waals surface area contributed by atoms with Crippen molar-refractivity contribution in [3.05, 3.63) is 65.0 Å². The zero-order valence-electron chi connectivity index (χ0n) is 13.6. The number of nitrogens with zero attached hydrogens (tertiary/aromatic N) is 1. The molecule has 1 heterocycles. The van der Waals surface area contributed by atoms with Crippen LogP contribution in [-0.2, 0) is 23.8 Å². The van der Waals surface area contributed by atoms with Crippen molar-refractivity contribution in [2.24, 2.45) is 0 Å². The molecule has 0 radical (unpaired) electrons. The molecule has 1 amide bonds. The molecule has 1 aliphatic rings. The zero-order chi connectivity index (χ0) is 18.1. The highest BCUT2D eigenvalue weighted by atomic mass is 19.4. The molecular formula is C18H17F3N2O2. The summed E-state index contributed by atoms with van der Waals surface area (Å²) in [6, 6.07) is 9.88. The van der Waals surface area contributed by atoms with Crippen LogP contribution in [-0.4, -0.2) is 30.1 Å². The van der Waals surface area contributed by atoms with Crippen molar-refractivity contribution in [2.75, 3.05) is 13.7 Å². The first-order valence-electron chi connectivity index (χ1n) is 7.76. The van der Waals surface area contributed by atoms with Gasteiger partial charge in [-0.05, 0) is 23.3 Å². The highest BCUT2D eigenvalue weighted by Gasteiger charge is 2.37. The maximum absolute atomic E-state index is 12.5. The molecule has 1 aliphatic carbocycles. The van der Waals surface area contributed by atoms with Gasteiger partial charge in [0.1, 0.15) is 5.69 Å². The Morgan fingerprint density at radius 1 is 1.20 bits per heavy atom. The number of hydrogen-bond acceptors (Lipinski definition) is 3. The topological polar surface area (TPSA) is 51.2 Å². The Hall–Kier alpha value is -2.41. The van der Waals surface area contributed by atoms with Crippen molar-refractivity contribution in [1.82, 2.24) is 10.3 Å². The van der Waals surface area contributed by atoms with E-state index in [9.17, 15) is 18.0 Å². The first-order chi connectivity index (χ1) is 11.8. The Balaban J connectivity index is 1.66. The minimum absolute atomic E-state index is 0.0785. The number of halogens is 3. The lowest BCUT2D eigenvalue weighted by Crippen LogP contribution is -2.45. The van der Waals surface area contributed by atoms with E-state index in [1.165, 1.54) is 11.1 Å². The molecular weight excluding hydrogens is 333 g/mol. The van der Waals surface area contributed by atoms with E-state index in [4.69, 9.17) is 4.74 Å². The number of carbonyl (C=O) groups is 1. The number of ether oxygens (including phenoxy) is 1. The lowest BCUT2D eigenvalue weighted by Gasteiger charge is -2.27. The molecule has 7 heteroatoms. The third-order valence-electron chi connectivity index (χ3n) is 4.46. The van der Waals surface area contributed by atoms with Crippen LogP contribution in [0.1, 0.15) is 27.2 Å². The minimum atomic E-state index is -4.52. The number of rotatable bonds is 4. The Morgan fingerprint density at radius 2 is 1.84 bits per heavy atom. The molecule has 0 atom stereocenters. The van der Waals surface area contributed by atoms with Gasteiger partial charge in [0.05, 0.1) is 11.2 Å². The van der Waals surface area contributed by atoms with Crippen molar-refractivity contribution < 1.29 is 22.7 Å². The van der Waals surface area contributed by atoms with Gasteiger partial charge < -0.3 is 10.1 Å². The van der Waals surface area contributed by atoms with Crippen LogP contribution in [0.15, 0.2) is 42.6 Å². The van der Waals surface area contributed by atoms with Crippen molar-refractivity contribution in [3.8, 4) is 0 Å². The fourth-order valence-corrected chi connectivity index (χ4v) is 3.04. The Labute approximate surface area is 143 Å². The van der Waals surface area contributed by atoms with E-state index in [2.05, 4.69) is 10.3 Å². The van der Waals surface area contributed by atoms with Crippen LogP contribution >= 0.6 is 0 Å². The number of alkyl halides is 3. The van der Waals surface area contributed by atoms with Crippen molar-refractivity contribution in [2.45, 2.75) is 24.6 Å². The molecule has 0 bridgehead atoms. The number of pyridine rings is 1. The number of fused-ring (bicyclic) bond motifs is 1. The van der Waals surface area contributed by atoms with Crippen LogP contribution in [0.25, 0.3) is 0 Å². The summed E-state index contributed by atoms with van der Waals surface area (Å²) in [6.45, 7) is 0.262. The second-order valence-corrected chi connectivity index (χ2v) is 6.12. The number of methoxy groups -OCH3 is 1. The van der Waals surface area contributed by atoms with Gasteiger partial charge in [0.25, 0.3) is 5.91 Å². The normalized spacial score (nSPS) is 15.7. The molecule has 3 rings (SSSR count). The third-order valence-corrected chi connectivity index (χ3v) is 4.46. The fraction of sp³-hybridized carbons (Fsp3) is 0.333. The Kier molecular flexibility index (Phi) is 4.51. The lowest BCUT2D eigenvalue weighted by atomic mass is 10.00. The van der Waals surface area contributed by atoms with Gasteiger partial charge in [-0.25, -0.2) is 0 Å². The minimum Gasteiger partial charge on any atom is -0.376 e. The van der Waals surface area contributed by atoms with E-state index in [1.807, 2.05) is 24.3 Å². The van der Waals surface area contributed by atoms with Gasteiger partial charge in [0.15, 0.2) is 0 Å². The number of nitrogens with one attached hydrogen (secondary N) is 1. The second kappa shape index (κ2) is 6.48. The summed E-state index contributed by atoms with van der Waals surface area (Å²) in [5, 5.41) is 2.74. The van der Waals surface area contributed by atoms with Gasteiger partial charge in [0, 0.05) is 32.7 Å². The number of aromatic nitrogens is 1. The molecule has 4 nitrogen and oxygen atoms in total. The monoisotopic (exact) mass is 350 g/mol. The highest BCUT2D eigenvalue weighted by molar-refractivity contribution is 5.93. The van der Waals surface area contributed by atoms with Gasteiger partial charge in [-0.15, -0.1) is 0 Å². The fourth-order valence-electron chi connectivity index (χ4n) is 3.04. The second-order valence-electron chi connectivity index (χ2n) is 6.12. The SMILES string of the molecule is COC1(CNC(=O)c2ccc(C(F)(F)F)nc2)Cc2ccccc2C1. The number of amides is 1. The van der Waals surface area contributed by atoms with Gasteiger partial charge >= 0.3 is 6.18 Å². The smallest absolute Gasteiger partial charge is 0.376 e. The van der Waals surface area contributed by atoms with Crippen LogP contribution in [0.4, 0.5) is 13.2 Å². The van der Waals surface area contributed by atoms with Gasteiger partial charge in [-0.3, -0.25) is 9.78 Å². The van der Waals surface area contributed by atoms with E-state index >= 15 is 0 Å². The van der Waals surface area contributed by atoms with E-state index in [-0.39, 0.29) is 12.1 Å². The number of hydrogen-bond donors (Lipinski definition) is 1. The van der Waals surface area contributed by atoms with E-state index in [0.717, 1.165) is 18.3 Å². The summed E-state index contributed by atoms with van der Waals surface area (Å²) in [5.74, 6) is -0.478. The average Bonchev–Trinajstić information content (AvgIpc) is 2.98. The largest absolute Gasteiger partial charge is 0.433 e. The van der Waals surface area contributed by atoms with E-state index in [1.54, 1.807) is 7.11 Å². The quantitative estimate of drug-likeness (QED) is 0.922. The summed E-state index contributed by atoms with van der Waals surface area (Å²) < 4.78 is 43.2. The van der Waals surface area contributed by atoms with Crippen molar-refractivity contribution >= 4 is 5.91 Å². The van der Waals surface area contributed by atoms with E-state index in [0.29, 0.717) is 12.8 Å². The number of benzene rings is 1. The first-order valence-corrected chi connectivity index (χ1v) is 7.76. The molecule has 0 saturated heterocycles. The van der Waals surface area contributed by atoms with Gasteiger partial charge in [-0.1, -0.05) is 24.3 Å². The van der Waals surface area contributed by atoms with Crippen LogP contribution < -0.4 is 5.32 Å². The summed E-state index contributed by atoms with van der Waals surface area (Å²) in [5.41, 5.74) is 0.863. The molecule has 0 saturated carbocycles. The standard InChI is InChI=1S/C18H17F3N2O2/c1-25-17(8-12-4-2-3-5-13(12)9-17)11-23-16(24)14-6-7-15(22-10-14)18(19,20)21/h2-7,10H,8-9,11H2,1H3,(H,23,24). The first kappa shape index (κ1) is 17.4. The van der Waals surface area contributed by atoms with Crippen LogP contribution in [0.3, 0.4) is 0 Å². The molecule has 0 unspecified atom stereocenters. The van der Waals surface area contributed by atoms with Crippen LogP contribution in [0, 0.1) is 0 Å². The van der Waals surface area contributed by atoms with Crippen LogP contribution in [0.5, 0.6) is 0 Å². The molecule has 2 aromatic rings. The van der Waals surface area contributed by atoms with E-state index < -0.39 is 23.4 Å². The zero-order valence-corrected chi connectivity index (χ0v) is 13.6. The maximum atomic E-state index is 12.5.